The van der Waals surface area contributed by atoms with E-state index in [9.17, 15) is 9.59 Å². The summed E-state index contributed by atoms with van der Waals surface area (Å²) in [5.41, 5.74) is 3.28. The Morgan fingerprint density at radius 2 is 1.97 bits per heavy atom. The Morgan fingerprint density at radius 3 is 2.69 bits per heavy atom. The Kier molecular flexibility index (Phi) is 6.55. The van der Waals surface area contributed by atoms with E-state index in [1.165, 1.54) is 4.90 Å². The number of thiazole rings is 1. The van der Waals surface area contributed by atoms with E-state index in [4.69, 9.17) is 14.5 Å². The van der Waals surface area contributed by atoms with Crippen molar-refractivity contribution in [1.29, 1.82) is 0 Å². The van der Waals surface area contributed by atoms with Crippen LogP contribution < -0.4 is 9.64 Å². The molecule has 0 N–H and O–H groups in total. The molecular formula is C25H26N2O4S. The van der Waals surface area contributed by atoms with Gasteiger partial charge in [-0.15, -0.1) is 11.3 Å². The lowest BCUT2D eigenvalue weighted by atomic mass is 10.1. The average Bonchev–Trinajstić information content (AvgIpc) is 3.30. The van der Waals surface area contributed by atoms with Gasteiger partial charge in [0.1, 0.15) is 17.3 Å². The molecule has 6 nitrogen and oxygen atoms in total. The molecule has 7 heteroatoms. The Morgan fingerprint density at radius 1 is 1.19 bits per heavy atom. The summed E-state index contributed by atoms with van der Waals surface area (Å²) in [5.74, 6) is 0.141. The van der Waals surface area contributed by atoms with Crippen LogP contribution in [0.5, 0.6) is 5.75 Å². The summed E-state index contributed by atoms with van der Waals surface area (Å²) >= 11 is 1.56. The highest BCUT2D eigenvalue weighted by Crippen LogP contribution is 2.39. The number of amides is 1. The van der Waals surface area contributed by atoms with Crippen LogP contribution in [0, 0.1) is 5.92 Å². The van der Waals surface area contributed by atoms with Crippen molar-refractivity contribution >= 4 is 28.9 Å². The molecule has 1 aromatic heterocycles. The molecule has 32 heavy (non-hydrogen) atoms. The van der Waals surface area contributed by atoms with E-state index in [1.54, 1.807) is 11.3 Å². The standard InChI is InChI=1S/C25H26N2O4S/c1-4-21-25(29)27(13-23(28)30-14-16(2)3)20-12-18(10-11-22(20)31-21)19-15-32-24(26-19)17-8-6-5-7-9-17/h5-12,15-16,21H,4,13-14H2,1-3H3. The van der Waals surface area contributed by atoms with Gasteiger partial charge in [-0.05, 0) is 30.5 Å². The zero-order chi connectivity index (χ0) is 22.7. The normalized spacial score (nSPS) is 15.4. The summed E-state index contributed by atoms with van der Waals surface area (Å²) < 4.78 is 11.2. The van der Waals surface area contributed by atoms with Gasteiger partial charge in [0.25, 0.3) is 5.91 Å². The summed E-state index contributed by atoms with van der Waals surface area (Å²) in [5, 5.41) is 2.91. The van der Waals surface area contributed by atoms with Crippen molar-refractivity contribution in [3.05, 3.63) is 53.9 Å². The van der Waals surface area contributed by atoms with Crippen molar-refractivity contribution in [2.45, 2.75) is 33.3 Å². The van der Waals surface area contributed by atoms with Gasteiger partial charge in [-0.3, -0.25) is 14.5 Å². The van der Waals surface area contributed by atoms with Crippen LogP contribution in [-0.4, -0.2) is 36.1 Å². The van der Waals surface area contributed by atoms with E-state index < -0.39 is 12.1 Å². The van der Waals surface area contributed by atoms with Crippen molar-refractivity contribution in [2.24, 2.45) is 5.92 Å². The van der Waals surface area contributed by atoms with Crippen LogP contribution in [0.4, 0.5) is 5.69 Å². The summed E-state index contributed by atoms with van der Waals surface area (Å²) in [4.78, 5) is 31.7. The number of hydrogen-bond donors (Lipinski definition) is 0. The second kappa shape index (κ2) is 9.53. The smallest absolute Gasteiger partial charge is 0.326 e. The maximum Gasteiger partial charge on any atom is 0.326 e. The zero-order valence-electron chi connectivity index (χ0n) is 18.4. The lowest BCUT2D eigenvalue weighted by Gasteiger charge is -2.33. The molecule has 0 saturated heterocycles. The molecule has 1 aliphatic rings. The molecule has 2 aromatic carbocycles. The minimum Gasteiger partial charge on any atom is -0.478 e. The predicted octanol–water partition coefficient (Wildman–Crippen LogP) is 5.18. The number of benzene rings is 2. The van der Waals surface area contributed by atoms with E-state index in [2.05, 4.69) is 0 Å². The molecule has 0 bridgehead atoms. The van der Waals surface area contributed by atoms with Gasteiger partial charge >= 0.3 is 5.97 Å². The largest absolute Gasteiger partial charge is 0.478 e. The van der Waals surface area contributed by atoms with Crippen LogP contribution in [0.2, 0.25) is 0 Å². The van der Waals surface area contributed by atoms with Crippen LogP contribution in [0.15, 0.2) is 53.9 Å². The summed E-state index contributed by atoms with van der Waals surface area (Å²) in [6.45, 7) is 6.01. The van der Waals surface area contributed by atoms with E-state index in [-0.39, 0.29) is 18.4 Å². The van der Waals surface area contributed by atoms with Gasteiger partial charge in [-0.25, -0.2) is 4.98 Å². The van der Waals surface area contributed by atoms with Crippen LogP contribution in [0.25, 0.3) is 21.8 Å². The fourth-order valence-electron chi connectivity index (χ4n) is 3.46. The first kappa shape index (κ1) is 22.0. The molecule has 1 aliphatic heterocycles. The molecule has 0 saturated carbocycles. The van der Waals surface area contributed by atoms with Crippen molar-refractivity contribution < 1.29 is 19.1 Å². The monoisotopic (exact) mass is 450 g/mol. The maximum absolute atomic E-state index is 13.0. The number of carbonyl (C=O) groups excluding carboxylic acids is 2. The van der Waals surface area contributed by atoms with Gasteiger partial charge in [0, 0.05) is 16.5 Å². The Balaban J connectivity index is 1.64. The second-order valence-corrected chi connectivity index (χ2v) is 8.96. The molecule has 0 fully saturated rings. The molecule has 0 aliphatic carbocycles. The number of rotatable bonds is 7. The molecule has 4 rings (SSSR count). The van der Waals surface area contributed by atoms with Gasteiger partial charge in [-0.1, -0.05) is 51.1 Å². The minimum atomic E-state index is -0.616. The van der Waals surface area contributed by atoms with Crippen molar-refractivity contribution in [2.75, 3.05) is 18.1 Å². The van der Waals surface area contributed by atoms with E-state index in [0.717, 1.165) is 21.8 Å². The molecule has 0 spiro atoms. The second-order valence-electron chi connectivity index (χ2n) is 8.10. The van der Waals surface area contributed by atoms with Crippen LogP contribution in [-0.2, 0) is 14.3 Å². The van der Waals surface area contributed by atoms with Crippen molar-refractivity contribution in [3.8, 4) is 27.6 Å². The van der Waals surface area contributed by atoms with Gasteiger partial charge < -0.3 is 9.47 Å². The predicted molar refractivity (Wildman–Crippen MR) is 126 cm³/mol. The molecule has 166 valence electrons. The van der Waals surface area contributed by atoms with Gasteiger partial charge in [0.2, 0.25) is 0 Å². The Hall–Kier alpha value is -3.19. The van der Waals surface area contributed by atoms with E-state index >= 15 is 0 Å². The van der Waals surface area contributed by atoms with Crippen LogP contribution in [0.3, 0.4) is 0 Å². The third kappa shape index (κ3) is 4.67. The molecule has 2 heterocycles. The number of esters is 1. The lowest BCUT2D eigenvalue weighted by molar-refractivity contribution is -0.144. The van der Waals surface area contributed by atoms with E-state index in [1.807, 2.05) is 74.7 Å². The minimum absolute atomic E-state index is 0.145. The third-order valence-corrected chi connectivity index (χ3v) is 6.01. The van der Waals surface area contributed by atoms with Crippen molar-refractivity contribution in [3.63, 3.8) is 0 Å². The summed E-state index contributed by atoms with van der Waals surface area (Å²) in [6.07, 6.45) is -0.0976. The zero-order valence-corrected chi connectivity index (χ0v) is 19.2. The third-order valence-electron chi connectivity index (χ3n) is 5.12. The fourth-order valence-corrected chi connectivity index (χ4v) is 4.29. The first-order valence-corrected chi connectivity index (χ1v) is 11.6. The topological polar surface area (TPSA) is 68.7 Å². The van der Waals surface area contributed by atoms with Gasteiger partial charge in [0.15, 0.2) is 6.10 Å². The summed E-state index contributed by atoms with van der Waals surface area (Å²) in [7, 11) is 0. The highest BCUT2D eigenvalue weighted by atomic mass is 32.1. The number of aromatic nitrogens is 1. The van der Waals surface area contributed by atoms with Gasteiger partial charge in [-0.2, -0.15) is 0 Å². The SMILES string of the molecule is CCC1Oc2ccc(-c3csc(-c4ccccc4)n3)cc2N(CC(=O)OCC(C)C)C1=O. The molecule has 3 aromatic rings. The van der Waals surface area contributed by atoms with Gasteiger partial charge in [0.05, 0.1) is 18.0 Å². The van der Waals surface area contributed by atoms with Crippen LogP contribution in [0.1, 0.15) is 27.2 Å². The molecular weight excluding hydrogens is 424 g/mol. The number of hydrogen-bond acceptors (Lipinski definition) is 6. The summed E-state index contributed by atoms with van der Waals surface area (Å²) in [6, 6.07) is 15.6. The number of carbonyl (C=O) groups is 2. The van der Waals surface area contributed by atoms with Crippen molar-refractivity contribution in [1.82, 2.24) is 4.98 Å². The quantitative estimate of drug-likeness (QED) is 0.464. The molecule has 0 radical (unpaired) electrons. The molecule has 1 amide bonds. The highest BCUT2D eigenvalue weighted by Gasteiger charge is 2.35. The number of ether oxygens (including phenoxy) is 2. The highest BCUT2D eigenvalue weighted by molar-refractivity contribution is 7.13. The molecule has 1 atom stereocenters. The number of nitrogens with zero attached hydrogens (tertiary/aromatic N) is 2. The fraction of sp³-hybridized carbons (Fsp3) is 0.320. The van der Waals surface area contributed by atoms with Crippen LogP contribution >= 0.6 is 11.3 Å². The number of anilines is 1. The first-order chi connectivity index (χ1) is 15.5. The Labute approximate surface area is 191 Å². The number of fused-ring (bicyclic) bond motifs is 1. The first-order valence-electron chi connectivity index (χ1n) is 10.7. The molecule has 1 unspecified atom stereocenters. The maximum atomic E-state index is 13.0. The van der Waals surface area contributed by atoms with E-state index in [0.29, 0.717) is 24.5 Å². The Bertz CT molecular complexity index is 1110. The average molecular weight is 451 g/mol. The lowest BCUT2D eigenvalue weighted by Crippen LogP contribution is -2.48.